The van der Waals surface area contributed by atoms with E-state index < -0.39 is 30.1 Å². The first-order valence-electron chi connectivity index (χ1n) is 6.43. The van der Waals surface area contributed by atoms with Gasteiger partial charge in [0.2, 0.25) is 0 Å². The van der Waals surface area contributed by atoms with Crippen LogP contribution < -0.4 is 15.6 Å². The summed E-state index contributed by atoms with van der Waals surface area (Å²) < 4.78 is 11.1. The first-order valence-corrected chi connectivity index (χ1v) is 6.43. The van der Waals surface area contributed by atoms with Gasteiger partial charge in [-0.15, -0.1) is 0 Å². The monoisotopic (exact) mass is 315 g/mol. The van der Waals surface area contributed by atoms with Crippen molar-refractivity contribution in [2.45, 2.75) is 24.5 Å². The fraction of sp³-hybridized carbons (Fsp3) is 0.583. The maximum Gasteiger partial charge on any atom is 0.300 e. The van der Waals surface area contributed by atoms with E-state index in [0.717, 1.165) is 4.57 Å². The summed E-state index contributed by atoms with van der Waals surface area (Å²) in [5, 5.41) is 31.4. The van der Waals surface area contributed by atoms with Crippen LogP contribution >= 0.6 is 0 Å². The molecule has 0 bridgehead atoms. The van der Waals surface area contributed by atoms with Gasteiger partial charge in [0.25, 0.3) is 5.56 Å². The maximum atomic E-state index is 12.0. The summed E-state index contributed by atoms with van der Waals surface area (Å²) in [5.41, 5.74) is -0.921. The average Bonchev–Trinajstić information content (AvgIpc) is 2.51. The van der Waals surface area contributed by atoms with Crippen molar-refractivity contribution in [2.75, 3.05) is 19.0 Å². The molecule has 2 rings (SSSR count). The summed E-state index contributed by atoms with van der Waals surface area (Å²) in [6, 6.07) is -0.0519. The summed E-state index contributed by atoms with van der Waals surface area (Å²) in [6.07, 6.45) is -4.97. The van der Waals surface area contributed by atoms with Crippen molar-refractivity contribution in [3.63, 3.8) is 0 Å². The van der Waals surface area contributed by atoms with Crippen LogP contribution in [0.3, 0.4) is 0 Å². The zero-order valence-electron chi connectivity index (χ0n) is 12.0. The molecule has 0 amide bonds. The highest BCUT2D eigenvalue weighted by atomic mass is 16.5. The molecule has 10 nitrogen and oxygen atoms in total. The van der Waals surface area contributed by atoms with Crippen molar-refractivity contribution in [3.05, 3.63) is 15.9 Å². The van der Waals surface area contributed by atoms with Gasteiger partial charge >= 0.3 is 6.01 Å². The van der Waals surface area contributed by atoms with E-state index in [-0.39, 0.29) is 24.0 Å². The molecule has 1 aliphatic rings. The van der Waals surface area contributed by atoms with Crippen LogP contribution in [-0.2, 0) is 11.8 Å². The second-order valence-corrected chi connectivity index (χ2v) is 4.79. The molecule has 0 spiro atoms. The molecule has 4 N–H and O–H groups in total. The molecular formula is C12H17N3O7. The fourth-order valence-corrected chi connectivity index (χ4v) is 2.07. The first-order chi connectivity index (χ1) is 10.4. The van der Waals surface area contributed by atoms with Crippen LogP contribution in [-0.4, -0.2) is 69.4 Å². The largest absolute Gasteiger partial charge is 0.468 e. The summed E-state index contributed by atoms with van der Waals surface area (Å²) in [7, 11) is 2.69. The zero-order chi connectivity index (χ0) is 16.4. The number of methoxy groups -OCH3 is 1. The summed E-state index contributed by atoms with van der Waals surface area (Å²) in [4.78, 5) is 27.1. The third-order valence-corrected chi connectivity index (χ3v) is 3.36. The number of aromatic nitrogens is 2. The molecule has 1 fully saturated rings. The quantitative estimate of drug-likeness (QED) is 0.441. The van der Waals surface area contributed by atoms with Crippen molar-refractivity contribution in [3.8, 4) is 6.01 Å². The van der Waals surface area contributed by atoms with Gasteiger partial charge in [-0.05, 0) is 0 Å². The van der Waals surface area contributed by atoms with E-state index >= 15 is 0 Å². The average molecular weight is 315 g/mol. The molecule has 1 aromatic rings. The van der Waals surface area contributed by atoms with Gasteiger partial charge in [0.05, 0.1) is 13.7 Å². The number of anilines is 1. The van der Waals surface area contributed by atoms with Crippen LogP contribution in [0.5, 0.6) is 6.01 Å². The molecule has 1 aromatic heterocycles. The Balaban J connectivity index is 2.35. The summed E-state index contributed by atoms with van der Waals surface area (Å²) in [6.45, 7) is -0.228. The predicted octanol–water partition coefficient (Wildman–Crippen LogP) is -2.55. The van der Waals surface area contributed by atoms with Crippen LogP contribution in [0, 0.1) is 0 Å². The second kappa shape index (κ2) is 6.40. The highest BCUT2D eigenvalue weighted by molar-refractivity contribution is 5.82. The number of aldehydes is 1. The molecular weight excluding hydrogens is 298 g/mol. The van der Waals surface area contributed by atoms with E-state index in [1.54, 1.807) is 0 Å². The molecule has 122 valence electrons. The van der Waals surface area contributed by atoms with Crippen molar-refractivity contribution in [2.24, 2.45) is 7.05 Å². The highest BCUT2D eigenvalue weighted by Gasteiger charge is 2.38. The maximum absolute atomic E-state index is 12.0. The Morgan fingerprint density at radius 2 is 2.09 bits per heavy atom. The Morgan fingerprint density at radius 1 is 1.41 bits per heavy atom. The van der Waals surface area contributed by atoms with Crippen molar-refractivity contribution >= 4 is 12.1 Å². The number of aliphatic hydroxyl groups is 3. The molecule has 0 aliphatic carbocycles. The molecule has 2 heterocycles. The van der Waals surface area contributed by atoms with E-state index in [1.807, 2.05) is 0 Å². The highest BCUT2D eigenvalue weighted by Crippen LogP contribution is 2.19. The number of hydrogen-bond acceptors (Lipinski definition) is 9. The topological polar surface area (TPSA) is 143 Å². The predicted molar refractivity (Wildman–Crippen MR) is 72.8 cm³/mol. The number of carbonyl (C=O) groups excluding carboxylic acids is 1. The van der Waals surface area contributed by atoms with Gasteiger partial charge in [-0.1, -0.05) is 0 Å². The van der Waals surface area contributed by atoms with Crippen LogP contribution in [0.4, 0.5) is 5.82 Å². The van der Waals surface area contributed by atoms with Gasteiger partial charge in [-0.2, -0.15) is 4.98 Å². The molecule has 0 aromatic carbocycles. The normalized spacial score (nSPS) is 28.2. The van der Waals surface area contributed by atoms with Gasteiger partial charge in [0.15, 0.2) is 12.5 Å². The van der Waals surface area contributed by atoms with Crippen LogP contribution in [0.15, 0.2) is 4.79 Å². The lowest BCUT2D eigenvalue weighted by atomic mass is 10.0. The van der Waals surface area contributed by atoms with E-state index in [9.17, 15) is 24.9 Å². The number of nitrogens with one attached hydrogen (secondary N) is 1. The number of aliphatic hydroxyl groups excluding tert-OH is 3. The lowest BCUT2D eigenvalue weighted by molar-refractivity contribution is -0.178. The number of carbonyl (C=O) groups is 1. The van der Waals surface area contributed by atoms with E-state index in [4.69, 9.17) is 9.47 Å². The molecule has 1 aliphatic heterocycles. The van der Waals surface area contributed by atoms with E-state index in [1.165, 1.54) is 14.2 Å². The molecule has 0 radical (unpaired) electrons. The minimum absolute atomic E-state index is 0.0519. The second-order valence-electron chi connectivity index (χ2n) is 4.79. The van der Waals surface area contributed by atoms with Gasteiger partial charge in [0, 0.05) is 7.05 Å². The van der Waals surface area contributed by atoms with Gasteiger partial charge in [0.1, 0.15) is 29.7 Å². The zero-order valence-corrected chi connectivity index (χ0v) is 12.0. The smallest absolute Gasteiger partial charge is 0.300 e. The third kappa shape index (κ3) is 2.81. The van der Waals surface area contributed by atoms with Crippen molar-refractivity contribution in [1.29, 1.82) is 0 Å². The van der Waals surface area contributed by atoms with Gasteiger partial charge < -0.3 is 30.1 Å². The Hall–Kier alpha value is -2.01. The summed E-state index contributed by atoms with van der Waals surface area (Å²) in [5.74, 6) is -0.150. The van der Waals surface area contributed by atoms with Crippen LogP contribution in [0.25, 0.3) is 0 Å². The molecule has 4 atom stereocenters. The Labute approximate surface area is 124 Å². The lowest BCUT2D eigenvalue weighted by Gasteiger charge is -2.35. The van der Waals surface area contributed by atoms with Crippen molar-refractivity contribution < 1.29 is 29.6 Å². The van der Waals surface area contributed by atoms with E-state index in [0.29, 0.717) is 6.29 Å². The molecule has 0 unspecified atom stereocenters. The molecule has 10 heteroatoms. The van der Waals surface area contributed by atoms with Crippen LogP contribution in [0.2, 0.25) is 0 Å². The lowest BCUT2D eigenvalue weighted by Crippen LogP contribution is -2.55. The minimum Gasteiger partial charge on any atom is -0.468 e. The molecule has 22 heavy (non-hydrogen) atoms. The number of ether oxygens (including phenoxy) is 2. The molecule has 1 saturated heterocycles. The van der Waals surface area contributed by atoms with Gasteiger partial charge in [-0.25, -0.2) is 0 Å². The SMILES string of the molecule is COc1nc(N[C@@H]2OC[C@@H](O)[C@H](O)[C@H]2O)c(C=O)c(=O)n1C. The van der Waals surface area contributed by atoms with E-state index in [2.05, 4.69) is 10.3 Å². The minimum atomic E-state index is -1.47. The standard InChI is InChI=1S/C12H17N3O7/c1-15-11(20)5(3-16)9(14-12(15)21-2)13-10-8(19)7(18)6(17)4-22-10/h3,6-8,10,13,17-19H,4H2,1-2H3/t6-,7+,8-,10-/m1/s1. The fourth-order valence-electron chi connectivity index (χ4n) is 2.07. The Kier molecular flexibility index (Phi) is 4.76. The Morgan fingerprint density at radius 3 is 2.68 bits per heavy atom. The number of nitrogens with zero attached hydrogens (tertiary/aromatic N) is 2. The summed E-state index contributed by atoms with van der Waals surface area (Å²) >= 11 is 0. The number of hydrogen-bond donors (Lipinski definition) is 4. The van der Waals surface area contributed by atoms with Gasteiger partial charge in [-0.3, -0.25) is 14.2 Å². The third-order valence-electron chi connectivity index (χ3n) is 3.36. The van der Waals surface area contributed by atoms with Crippen molar-refractivity contribution in [1.82, 2.24) is 9.55 Å². The van der Waals surface area contributed by atoms with Crippen LogP contribution in [0.1, 0.15) is 10.4 Å². The number of rotatable bonds is 4. The first kappa shape index (κ1) is 16.4. The Bertz CT molecular complexity index is 617. The molecule has 0 saturated carbocycles.